The summed E-state index contributed by atoms with van der Waals surface area (Å²) in [6, 6.07) is 1.85. The summed E-state index contributed by atoms with van der Waals surface area (Å²) < 4.78 is 0. The van der Waals surface area contributed by atoms with E-state index in [1.165, 1.54) is 12.2 Å². The number of carbonyl (C=O) groups is 1. The van der Waals surface area contributed by atoms with Crippen LogP contribution in [-0.4, -0.2) is 30.1 Å². The van der Waals surface area contributed by atoms with E-state index in [-0.39, 0.29) is 11.3 Å². The number of hydrogen-bond acceptors (Lipinski definition) is 3. The van der Waals surface area contributed by atoms with E-state index in [0.717, 1.165) is 5.56 Å². The Bertz CT molecular complexity index is 383. The third-order valence-corrected chi connectivity index (χ3v) is 2.41. The summed E-state index contributed by atoms with van der Waals surface area (Å²) in [5.41, 5.74) is 1.55. The largest absolute Gasteiger partial charge is 0.278 e. The quantitative estimate of drug-likeness (QED) is 0.719. The maximum Gasteiger partial charge on any atom is 0.278 e. The van der Waals surface area contributed by atoms with Crippen molar-refractivity contribution in [3.05, 3.63) is 29.6 Å². The van der Waals surface area contributed by atoms with Gasteiger partial charge in [0.05, 0.1) is 12.7 Å². The molecule has 4 nitrogen and oxygen atoms in total. The first kappa shape index (κ1) is 12.6. The molecule has 0 saturated heterocycles. The second-order valence-corrected chi connectivity index (χ2v) is 4.70. The van der Waals surface area contributed by atoms with Gasteiger partial charge in [0, 0.05) is 19.4 Å². The number of aromatic nitrogens is 1. The zero-order valence-corrected chi connectivity index (χ0v) is 10.4. The maximum atomic E-state index is 11.8. The Morgan fingerprint density at radius 3 is 2.50 bits per heavy atom. The average molecular weight is 222 g/mol. The lowest BCUT2D eigenvalue weighted by Crippen LogP contribution is -2.26. The maximum absolute atomic E-state index is 11.8. The van der Waals surface area contributed by atoms with E-state index in [0.29, 0.717) is 5.56 Å². The van der Waals surface area contributed by atoms with Crippen LogP contribution in [0, 0.1) is 0 Å². The number of rotatable bonds is 2. The molecule has 0 aromatic carbocycles. The van der Waals surface area contributed by atoms with Crippen LogP contribution in [0.1, 0.15) is 36.7 Å². The fraction of sp³-hybridized carbons (Fsp3) is 0.500. The molecule has 0 atom stereocenters. The number of pyridine rings is 1. The fourth-order valence-corrected chi connectivity index (χ4v) is 1.23. The van der Waals surface area contributed by atoms with Gasteiger partial charge in [-0.3, -0.25) is 14.6 Å². The first-order valence-electron chi connectivity index (χ1n) is 5.14. The van der Waals surface area contributed by atoms with Crippen molar-refractivity contribution in [2.75, 3.05) is 14.2 Å². The van der Waals surface area contributed by atoms with E-state index in [2.05, 4.69) is 25.8 Å². The lowest BCUT2D eigenvalue weighted by Gasteiger charge is -2.20. The second kappa shape index (κ2) is 4.61. The zero-order valence-electron chi connectivity index (χ0n) is 10.4. The molecule has 0 unspecified atom stereocenters. The Morgan fingerprint density at radius 1 is 1.38 bits per heavy atom. The number of nitrogens with zero attached hydrogens (tertiary/aromatic N) is 2. The second-order valence-electron chi connectivity index (χ2n) is 4.70. The van der Waals surface area contributed by atoms with Crippen molar-refractivity contribution in [2.24, 2.45) is 0 Å². The van der Waals surface area contributed by atoms with E-state index in [9.17, 15) is 4.79 Å². The molecule has 0 aliphatic carbocycles. The predicted octanol–water partition coefficient (Wildman–Crippen LogP) is 2.01. The van der Waals surface area contributed by atoms with E-state index in [1.54, 1.807) is 19.4 Å². The van der Waals surface area contributed by atoms with Gasteiger partial charge in [-0.15, -0.1) is 0 Å². The van der Waals surface area contributed by atoms with Crippen LogP contribution in [0.15, 0.2) is 18.5 Å². The monoisotopic (exact) mass is 222 g/mol. The minimum Gasteiger partial charge on any atom is -0.274 e. The van der Waals surface area contributed by atoms with Gasteiger partial charge in [-0.25, -0.2) is 5.06 Å². The Hall–Kier alpha value is -1.42. The molecule has 1 aromatic heterocycles. The van der Waals surface area contributed by atoms with Gasteiger partial charge in [-0.1, -0.05) is 20.8 Å². The smallest absolute Gasteiger partial charge is 0.274 e. The fourth-order valence-electron chi connectivity index (χ4n) is 1.23. The van der Waals surface area contributed by atoms with Crippen LogP contribution in [-0.2, 0) is 10.3 Å². The average Bonchev–Trinajstić information content (AvgIpc) is 2.26. The molecule has 0 saturated carbocycles. The van der Waals surface area contributed by atoms with Crippen molar-refractivity contribution >= 4 is 5.91 Å². The van der Waals surface area contributed by atoms with E-state index >= 15 is 0 Å². The summed E-state index contributed by atoms with van der Waals surface area (Å²) in [7, 11) is 3.03. The molecule has 4 heteroatoms. The van der Waals surface area contributed by atoms with Gasteiger partial charge in [0.25, 0.3) is 5.91 Å². The molecule has 0 radical (unpaired) electrons. The van der Waals surface area contributed by atoms with E-state index < -0.39 is 0 Å². The summed E-state index contributed by atoms with van der Waals surface area (Å²) in [4.78, 5) is 20.7. The van der Waals surface area contributed by atoms with Gasteiger partial charge in [-0.05, 0) is 17.0 Å². The van der Waals surface area contributed by atoms with E-state index in [1.807, 2.05) is 6.07 Å². The topological polar surface area (TPSA) is 42.4 Å². The number of hydrogen-bond donors (Lipinski definition) is 0. The molecule has 1 amide bonds. The van der Waals surface area contributed by atoms with Crippen molar-refractivity contribution in [3.8, 4) is 0 Å². The molecular weight excluding hydrogens is 204 g/mol. The van der Waals surface area contributed by atoms with Gasteiger partial charge in [0.15, 0.2) is 0 Å². The summed E-state index contributed by atoms with van der Waals surface area (Å²) in [5, 5.41) is 1.18. The molecule has 0 aliphatic heterocycles. The molecule has 0 bridgehead atoms. The minimum atomic E-state index is -0.193. The van der Waals surface area contributed by atoms with Crippen molar-refractivity contribution in [3.63, 3.8) is 0 Å². The highest BCUT2D eigenvalue weighted by molar-refractivity contribution is 5.93. The number of hydroxylamine groups is 2. The lowest BCUT2D eigenvalue weighted by atomic mass is 9.87. The Morgan fingerprint density at radius 2 is 2.00 bits per heavy atom. The Kier molecular flexibility index (Phi) is 3.65. The SMILES string of the molecule is CON(C)C(=O)c1cncc(C(C)(C)C)c1. The molecule has 16 heavy (non-hydrogen) atoms. The van der Waals surface area contributed by atoms with Crippen LogP contribution in [0.3, 0.4) is 0 Å². The predicted molar refractivity (Wildman–Crippen MR) is 62.0 cm³/mol. The van der Waals surface area contributed by atoms with Crippen LogP contribution < -0.4 is 0 Å². The lowest BCUT2D eigenvalue weighted by molar-refractivity contribution is -0.0757. The van der Waals surface area contributed by atoms with Crippen LogP contribution in [0.4, 0.5) is 0 Å². The molecule has 0 fully saturated rings. The van der Waals surface area contributed by atoms with Crippen molar-refractivity contribution in [1.29, 1.82) is 0 Å². The molecule has 0 spiro atoms. The van der Waals surface area contributed by atoms with E-state index in [4.69, 9.17) is 4.84 Å². The van der Waals surface area contributed by atoms with Gasteiger partial charge in [0.2, 0.25) is 0 Å². The normalized spacial score (nSPS) is 11.3. The summed E-state index contributed by atoms with van der Waals surface area (Å²) in [5.74, 6) is -0.193. The summed E-state index contributed by atoms with van der Waals surface area (Å²) in [6.45, 7) is 6.24. The van der Waals surface area contributed by atoms with Crippen LogP contribution in [0.25, 0.3) is 0 Å². The van der Waals surface area contributed by atoms with Crippen molar-refractivity contribution in [1.82, 2.24) is 10.0 Å². The van der Waals surface area contributed by atoms with Gasteiger partial charge < -0.3 is 0 Å². The molecule has 0 aliphatic rings. The molecule has 1 heterocycles. The highest BCUT2D eigenvalue weighted by atomic mass is 16.7. The number of amides is 1. The van der Waals surface area contributed by atoms with Gasteiger partial charge in [0.1, 0.15) is 0 Å². The Labute approximate surface area is 96.2 Å². The molecule has 0 N–H and O–H groups in total. The zero-order chi connectivity index (χ0) is 12.3. The number of carbonyl (C=O) groups excluding carboxylic acids is 1. The van der Waals surface area contributed by atoms with Crippen molar-refractivity contribution < 1.29 is 9.63 Å². The summed E-state index contributed by atoms with van der Waals surface area (Å²) in [6.07, 6.45) is 3.33. The van der Waals surface area contributed by atoms with Crippen LogP contribution in [0.2, 0.25) is 0 Å². The Balaban J connectivity index is 3.04. The highest BCUT2D eigenvalue weighted by Crippen LogP contribution is 2.22. The van der Waals surface area contributed by atoms with Crippen molar-refractivity contribution in [2.45, 2.75) is 26.2 Å². The highest BCUT2D eigenvalue weighted by Gasteiger charge is 2.18. The summed E-state index contributed by atoms with van der Waals surface area (Å²) >= 11 is 0. The molecule has 1 aromatic rings. The first-order valence-corrected chi connectivity index (χ1v) is 5.14. The van der Waals surface area contributed by atoms with Gasteiger partial charge in [-0.2, -0.15) is 0 Å². The standard InChI is InChI=1S/C12H18N2O2/c1-12(2,3)10-6-9(7-13-8-10)11(15)14(4)16-5/h6-8H,1-5H3. The van der Waals surface area contributed by atoms with Gasteiger partial charge >= 0.3 is 0 Å². The molecular formula is C12H18N2O2. The first-order chi connectivity index (χ1) is 7.36. The minimum absolute atomic E-state index is 0.0189. The third-order valence-electron chi connectivity index (χ3n) is 2.41. The third kappa shape index (κ3) is 2.79. The molecule has 1 rings (SSSR count). The molecule has 88 valence electrons. The van der Waals surface area contributed by atoms with Crippen LogP contribution in [0.5, 0.6) is 0 Å². The van der Waals surface area contributed by atoms with Crippen LogP contribution >= 0.6 is 0 Å².